The molecule has 0 radical (unpaired) electrons. The summed E-state index contributed by atoms with van der Waals surface area (Å²) in [6.07, 6.45) is 4.19. The van der Waals surface area contributed by atoms with Crippen LogP contribution in [0.25, 0.3) is 0 Å². The second-order valence-electron chi connectivity index (χ2n) is 4.30. The summed E-state index contributed by atoms with van der Waals surface area (Å²) in [5.74, 6) is -0.102. The fraction of sp³-hybridized carbons (Fsp3) is 0.357. The van der Waals surface area contributed by atoms with Crippen LogP contribution in [0.4, 0.5) is 0 Å². The van der Waals surface area contributed by atoms with E-state index in [9.17, 15) is 4.79 Å². The van der Waals surface area contributed by atoms with E-state index in [2.05, 4.69) is 16.7 Å². The zero-order valence-corrected chi connectivity index (χ0v) is 11.0. The van der Waals surface area contributed by atoms with Crippen LogP contribution in [0, 0.1) is 0 Å². The molecule has 0 fully saturated rings. The Morgan fingerprint density at radius 3 is 2.94 bits per heavy atom. The van der Waals surface area contributed by atoms with Crippen LogP contribution < -0.4 is 10.6 Å². The van der Waals surface area contributed by atoms with E-state index in [1.165, 1.54) is 5.57 Å². The summed E-state index contributed by atoms with van der Waals surface area (Å²) in [5, 5.41) is 6.66. The summed E-state index contributed by atoms with van der Waals surface area (Å²) in [6.45, 7) is 2.63. The van der Waals surface area contributed by atoms with Crippen LogP contribution in [0.2, 0.25) is 5.02 Å². The van der Waals surface area contributed by atoms with Crippen molar-refractivity contribution in [1.29, 1.82) is 0 Å². The van der Waals surface area contributed by atoms with Gasteiger partial charge in [-0.15, -0.1) is 0 Å². The molecule has 0 unspecified atom stereocenters. The van der Waals surface area contributed by atoms with Gasteiger partial charge < -0.3 is 10.6 Å². The molecule has 1 aromatic rings. The number of halogens is 1. The SMILES string of the molecule is O=C(NCCC1=CCNCC1)c1ccccc1Cl. The largest absolute Gasteiger partial charge is 0.352 e. The van der Waals surface area contributed by atoms with Crippen molar-refractivity contribution in [3.8, 4) is 0 Å². The van der Waals surface area contributed by atoms with Crippen molar-refractivity contribution in [2.75, 3.05) is 19.6 Å². The number of hydrogen-bond acceptors (Lipinski definition) is 2. The van der Waals surface area contributed by atoms with Gasteiger partial charge in [-0.1, -0.05) is 35.4 Å². The van der Waals surface area contributed by atoms with Crippen LogP contribution in [0.5, 0.6) is 0 Å². The van der Waals surface area contributed by atoms with Crippen LogP contribution in [0.1, 0.15) is 23.2 Å². The first-order valence-corrected chi connectivity index (χ1v) is 6.56. The lowest BCUT2D eigenvalue weighted by Crippen LogP contribution is -2.26. The number of rotatable bonds is 4. The Morgan fingerprint density at radius 2 is 2.22 bits per heavy atom. The minimum absolute atomic E-state index is 0.102. The molecule has 1 aliphatic heterocycles. The molecule has 3 nitrogen and oxygen atoms in total. The quantitative estimate of drug-likeness (QED) is 0.820. The van der Waals surface area contributed by atoms with Crippen LogP contribution in [0.15, 0.2) is 35.9 Å². The van der Waals surface area contributed by atoms with Crippen molar-refractivity contribution < 1.29 is 4.79 Å². The van der Waals surface area contributed by atoms with Crippen LogP contribution in [-0.4, -0.2) is 25.5 Å². The van der Waals surface area contributed by atoms with Gasteiger partial charge in [-0.05, 0) is 31.5 Å². The lowest BCUT2D eigenvalue weighted by atomic mass is 10.1. The Balaban J connectivity index is 1.82. The smallest absolute Gasteiger partial charge is 0.252 e. The Labute approximate surface area is 112 Å². The normalized spacial score (nSPS) is 15.1. The molecule has 0 aromatic heterocycles. The number of hydrogen-bond donors (Lipinski definition) is 2. The molecule has 0 atom stereocenters. The van der Waals surface area contributed by atoms with E-state index in [-0.39, 0.29) is 5.91 Å². The van der Waals surface area contributed by atoms with E-state index in [0.717, 1.165) is 25.9 Å². The van der Waals surface area contributed by atoms with Crippen molar-refractivity contribution in [1.82, 2.24) is 10.6 Å². The third-order valence-electron chi connectivity index (χ3n) is 3.01. The minimum atomic E-state index is -0.102. The summed E-state index contributed by atoms with van der Waals surface area (Å²) in [4.78, 5) is 11.9. The summed E-state index contributed by atoms with van der Waals surface area (Å²) in [7, 11) is 0. The van der Waals surface area contributed by atoms with Gasteiger partial charge in [0.1, 0.15) is 0 Å². The number of benzene rings is 1. The number of carbonyl (C=O) groups excluding carboxylic acids is 1. The van der Waals surface area contributed by atoms with Gasteiger partial charge in [0.2, 0.25) is 0 Å². The summed E-state index contributed by atoms with van der Waals surface area (Å²) in [6, 6.07) is 7.10. The molecule has 1 aromatic carbocycles. The van der Waals surface area contributed by atoms with Gasteiger partial charge in [0.15, 0.2) is 0 Å². The van der Waals surface area contributed by atoms with Crippen LogP contribution >= 0.6 is 11.6 Å². The lowest BCUT2D eigenvalue weighted by molar-refractivity contribution is 0.0954. The molecule has 0 saturated carbocycles. The Hall–Kier alpha value is -1.32. The highest BCUT2D eigenvalue weighted by Crippen LogP contribution is 2.14. The number of carbonyl (C=O) groups is 1. The molecule has 0 spiro atoms. The van der Waals surface area contributed by atoms with Gasteiger partial charge in [-0.2, -0.15) is 0 Å². The van der Waals surface area contributed by atoms with Crippen molar-refractivity contribution in [2.45, 2.75) is 12.8 Å². The second-order valence-corrected chi connectivity index (χ2v) is 4.71. The van der Waals surface area contributed by atoms with Gasteiger partial charge in [0.25, 0.3) is 5.91 Å². The van der Waals surface area contributed by atoms with Gasteiger partial charge in [0, 0.05) is 13.1 Å². The van der Waals surface area contributed by atoms with E-state index in [1.54, 1.807) is 12.1 Å². The maximum atomic E-state index is 11.9. The van der Waals surface area contributed by atoms with Gasteiger partial charge in [-0.25, -0.2) is 0 Å². The summed E-state index contributed by atoms with van der Waals surface area (Å²) in [5.41, 5.74) is 1.95. The fourth-order valence-electron chi connectivity index (χ4n) is 1.97. The van der Waals surface area contributed by atoms with E-state index in [4.69, 9.17) is 11.6 Å². The summed E-state index contributed by atoms with van der Waals surface area (Å²) < 4.78 is 0. The molecular formula is C14H17ClN2O. The van der Waals surface area contributed by atoms with E-state index in [0.29, 0.717) is 17.1 Å². The van der Waals surface area contributed by atoms with E-state index in [1.807, 2.05) is 12.1 Å². The lowest BCUT2D eigenvalue weighted by Gasteiger charge is -2.14. The molecule has 96 valence electrons. The molecule has 0 saturated heterocycles. The first-order chi connectivity index (χ1) is 8.77. The van der Waals surface area contributed by atoms with Crippen molar-refractivity contribution in [3.63, 3.8) is 0 Å². The zero-order valence-electron chi connectivity index (χ0n) is 10.2. The Kier molecular flexibility index (Phi) is 4.79. The monoisotopic (exact) mass is 264 g/mol. The third kappa shape index (κ3) is 3.59. The van der Waals surface area contributed by atoms with Crippen LogP contribution in [-0.2, 0) is 0 Å². The molecule has 2 N–H and O–H groups in total. The Morgan fingerprint density at radius 1 is 1.39 bits per heavy atom. The first kappa shape index (κ1) is 13.1. The maximum absolute atomic E-state index is 11.9. The maximum Gasteiger partial charge on any atom is 0.252 e. The number of nitrogens with one attached hydrogen (secondary N) is 2. The topological polar surface area (TPSA) is 41.1 Å². The second kappa shape index (κ2) is 6.57. The molecule has 1 amide bonds. The van der Waals surface area contributed by atoms with Crippen molar-refractivity contribution >= 4 is 17.5 Å². The molecule has 2 rings (SSSR count). The summed E-state index contributed by atoms with van der Waals surface area (Å²) >= 11 is 5.97. The molecule has 1 heterocycles. The van der Waals surface area contributed by atoms with Crippen LogP contribution in [0.3, 0.4) is 0 Å². The van der Waals surface area contributed by atoms with Crippen molar-refractivity contribution in [3.05, 3.63) is 46.5 Å². The minimum Gasteiger partial charge on any atom is -0.352 e. The fourth-order valence-corrected chi connectivity index (χ4v) is 2.20. The zero-order chi connectivity index (χ0) is 12.8. The first-order valence-electron chi connectivity index (χ1n) is 6.19. The molecule has 0 aliphatic carbocycles. The van der Waals surface area contributed by atoms with E-state index >= 15 is 0 Å². The highest BCUT2D eigenvalue weighted by Gasteiger charge is 2.09. The molecular weight excluding hydrogens is 248 g/mol. The standard InChI is InChI=1S/C14H17ClN2O/c15-13-4-2-1-3-12(13)14(18)17-10-7-11-5-8-16-9-6-11/h1-5,16H,6-10H2,(H,17,18). The predicted octanol–water partition coefficient (Wildman–Crippen LogP) is 2.38. The molecule has 1 aliphatic rings. The number of amides is 1. The molecule has 18 heavy (non-hydrogen) atoms. The predicted molar refractivity (Wildman–Crippen MR) is 74.0 cm³/mol. The van der Waals surface area contributed by atoms with Gasteiger partial charge >= 0.3 is 0 Å². The Bertz CT molecular complexity index is 457. The average molecular weight is 265 g/mol. The van der Waals surface area contributed by atoms with Crippen molar-refractivity contribution in [2.24, 2.45) is 0 Å². The molecule has 0 bridgehead atoms. The third-order valence-corrected chi connectivity index (χ3v) is 3.34. The highest BCUT2D eigenvalue weighted by atomic mass is 35.5. The van der Waals surface area contributed by atoms with Gasteiger partial charge in [0.05, 0.1) is 10.6 Å². The molecule has 4 heteroatoms. The average Bonchev–Trinajstić information content (AvgIpc) is 2.40. The van der Waals surface area contributed by atoms with Gasteiger partial charge in [-0.3, -0.25) is 4.79 Å². The highest BCUT2D eigenvalue weighted by molar-refractivity contribution is 6.33. The van der Waals surface area contributed by atoms with E-state index < -0.39 is 0 Å².